The van der Waals surface area contributed by atoms with Crippen LogP contribution in [0.2, 0.25) is 5.02 Å². The van der Waals surface area contributed by atoms with E-state index < -0.39 is 11.4 Å². The van der Waals surface area contributed by atoms with Crippen LogP contribution in [0.4, 0.5) is 4.39 Å². The molecule has 1 nitrogen and oxygen atoms in total. The molecular weight excluding hydrogens is 251 g/mol. The van der Waals surface area contributed by atoms with Crippen LogP contribution in [0.15, 0.2) is 18.2 Å². The summed E-state index contributed by atoms with van der Waals surface area (Å²) in [6.07, 6.45) is 3.38. The van der Waals surface area contributed by atoms with Crippen molar-refractivity contribution in [2.24, 2.45) is 11.8 Å². The van der Waals surface area contributed by atoms with Crippen LogP contribution in [-0.2, 0) is 6.42 Å². The first-order valence-corrected chi connectivity index (χ1v) is 6.95. The summed E-state index contributed by atoms with van der Waals surface area (Å²) in [7, 11) is 0. The fraction of sp³-hybridized carbons (Fsp3) is 0.600. The van der Waals surface area contributed by atoms with Crippen LogP contribution < -0.4 is 0 Å². The highest BCUT2D eigenvalue weighted by atomic mass is 35.5. The third-order valence-corrected chi connectivity index (χ3v) is 4.66. The smallest absolute Gasteiger partial charge is 0.142 e. The monoisotopic (exact) mass is 270 g/mol. The minimum Gasteiger partial charge on any atom is -0.389 e. The van der Waals surface area contributed by atoms with Gasteiger partial charge in [-0.3, -0.25) is 0 Å². The molecule has 0 aromatic heterocycles. The quantitative estimate of drug-likeness (QED) is 0.854. The van der Waals surface area contributed by atoms with Gasteiger partial charge in [0.25, 0.3) is 0 Å². The van der Waals surface area contributed by atoms with Crippen molar-refractivity contribution in [3.8, 4) is 0 Å². The van der Waals surface area contributed by atoms with Crippen LogP contribution >= 0.6 is 11.6 Å². The first-order valence-electron chi connectivity index (χ1n) is 6.57. The second kappa shape index (κ2) is 5.18. The van der Waals surface area contributed by atoms with Crippen LogP contribution in [0, 0.1) is 17.7 Å². The van der Waals surface area contributed by atoms with Crippen molar-refractivity contribution in [1.82, 2.24) is 0 Å². The number of halogens is 2. The van der Waals surface area contributed by atoms with Gasteiger partial charge in [0.15, 0.2) is 0 Å². The topological polar surface area (TPSA) is 20.2 Å². The molecule has 0 amide bonds. The van der Waals surface area contributed by atoms with Crippen molar-refractivity contribution in [2.45, 2.75) is 45.1 Å². The highest BCUT2D eigenvalue weighted by molar-refractivity contribution is 6.31. The Morgan fingerprint density at radius 2 is 2.11 bits per heavy atom. The summed E-state index contributed by atoms with van der Waals surface area (Å²) >= 11 is 5.97. The molecule has 1 aromatic carbocycles. The second-order valence-corrected chi connectivity index (χ2v) is 6.16. The van der Waals surface area contributed by atoms with Crippen LogP contribution in [0.3, 0.4) is 0 Å². The van der Waals surface area contributed by atoms with Gasteiger partial charge in [0, 0.05) is 6.42 Å². The lowest BCUT2D eigenvalue weighted by atomic mass is 9.69. The lowest BCUT2D eigenvalue weighted by molar-refractivity contribution is -0.0560. The molecule has 2 rings (SSSR count). The van der Waals surface area contributed by atoms with Crippen LogP contribution in [-0.4, -0.2) is 10.7 Å². The zero-order chi connectivity index (χ0) is 13.3. The molecule has 0 saturated heterocycles. The summed E-state index contributed by atoms with van der Waals surface area (Å²) in [5, 5.41) is 10.9. The van der Waals surface area contributed by atoms with Gasteiger partial charge in [0.2, 0.25) is 0 Å². The van der Waals surface area contributed by atoms with Gasteiger partial charge in [-0.25, -0.2) is 4.39 Å². The Labute approximate surface area is 113 Å². The zero-order valence-electron chi connectivity index (χ0n) is 10.9. The summed E-state index contributed by atoms with van der Waals surface area (Å²) in [6.45, 7) is 4.23. The number of aliphatic hydroxyl groups is 1. The number of hydrogen-bond acceptors (Lipinski definition) is 1. The third-order valence-electron chi connectivity index (χ3n) is 4.24. The van der Waals surface area contributed by atoms with Gasteiger partial charge in [-0.2, -0.15) is 0 Å². The molecule has 3 unspecified atom stereocenters. The predicted molar refractivity (Wildman–Crippen MR) is 72.2 cm³/mol. The van der Waals surface area contributed by atoms with Gasteiger partial charge >= 0.3 is 0 Å². The maximum absolute atomic E-state index is 13.4. The van der Waals surface area contributed by atoms with E-state index in [1.165, 1.54) is 6.07 Å². The van der Waals surface area contributed by atoms with Gasteiger partial charge in [-0.15, -0.1) is 0 Å². The Kier molecular flexibility index (Phi) is 3.98. The molecule has 1 fully saturated rings. The van der Waals surface area contributed by atoms with Crippen LogP contribution in [0.25, 0.3) is 0 Å². The van der Waals surface area contributed by atoms with Gasteiger partial charge in [0.1, 0.15) is 5.82 Å². The van der Waals surface area contributed by atoms with Crippen molar-refractivity contribution in [2.75, 3.05) is 0 Å². The second-order valence-electron chi connectivity index (χ2n) is 5.78. The van der Waals surface area contributed by atoms with E-state index in [1.807, 2.05) is 0 Å². The molecule has 0 aliphatic heterocycles. The van der Waals surface area contributed by atoms with Gasteiger partial charge < -0.3 is 5.11 Å². The van der Waals surface area contributed by atoms with Crippen molar-refractivity contribution in [1.29, 1.82) is 0 Å². The number of hydrogen-bond donors (Lipinski definition) is 1. The maximum atomic E-state index is 13.4. The van der Waals surface area contributed by atoms with E-state index in [1.54, 1.807) is 12.1 Å². The molecule has 1 aliphatic carbocycles. The average Bonchev–Trinajstić information content (AvgIpc) is 2.30. The first kappa shape index (κ1) is 13.8. The molecule has 0 heterocycles. The molecule has 0 bridgehead atoms. The molecule has 3 heteroatoms. The maximum Gasteiger partial charge on any atom is 0.142 e. The van der Waals surface area contributed by atoms with E-state index in [4.69, 9.17) is 11.6 Å². The first-order chi connectivity index (χ1) is 8.42. The molecular formula is C15H20ClFO. The van der Waals surface area contributed by atoms with E-state index in [-0.39, 0.29) is 10.9 Å². The van der Waals surface area contributed by atoms with Gasteiger partial charge in [-0.1, -0.05) is 44.0 Å². The lowest BCUT2D eigenvalue weighted by Gasteiger charge is -2.41. The van der Waals surface area contributed by atoms with Crippen molar-refractivity contribution >= 4 is 11.6 Å². The van der Waals surface area contributed by atoms with E-state index in [2.05, 4.69) is 13.8 Å². The van der Waals surface area contributed by atoms with Crippen molar-refractivity contribution < 1.29 is 9.50 Å². The largest absolute Gasteiger partial charge is 0.389 e. The SMILES string of the molecule is CC1CCC(C)C(O)(Cc2cccc(F)c2Cl)C1. The predicted octanol–water partition coefficient (Wildman–Crippen LogP) is 4.21. The van der Waals surface area contributed by atoms with E-state index >= 15 is 0 Å². The molecule has 1 saturated carbocycles. The van der Waals surface area contributed by atoms with Crippen molar-refractivity contribution in [3.63, 3.8) is 0 Å². The third kappa shape index (κ3) is 2.70. The van der Waals surface area contributed by atoms with Crippen molar-refractivity contribution in [3.05, 3.63) is 34.6 Å². The van der Waals surface area contributed by atoms with Gasteiger partial charge in [0.05, 0.1) is 10.6 Å². The Bertz CT molecular complexity index is 435. The highest BCUT2D eigenvalue weighted by Gasteiger charge is 2.39. The van der Waals surface area contributed by atoms with Crippen LogP contribution in [0.1, 0.15) is 38.7 Å². The van der Waals surface area contributed by atoms with E-state index in [0.717, 1.165) is 19.3 Å². The fourth-order valence-corrected chi connectivity index (χ4v) is 3.16. The molecule has 0 radical (unpaired) electrons. The van der Waals surface area contributed by atoms with E-state index in [0.29, 0.717) is 17.9 Å². The average molecular weight is 271 g/mol. The molecule has 100 valence electrons. The normalized spacial score (nSPS) is 32.5. The van der Waals surface area contributed by atoms with Gasteiger partial charge in [-0.05, 0) is 36.3 Å². The number of rotatable bonds is 2. The van der Waals surface area contributed by atoms with E-state index in [9.17, 15) is 9.50 Å². The summed E-state index contributed by atoms with van der Waals surface area (Å²) in [6, 6.07) is 4.80. The highest BCUT2D eigenvalue weighted by Crippen LogP contribution is 2.40. The minimum atomic E-state index is -0.755. The summed E-state index contributed by atoms with van der Waals surface area (Å²) in [4.78, 5) is 0. The molecule has 1 N–H and O–H groups in total. The lowest BCUT2D eigenvalue weighted by Crippen LogP contribution is -2.43. The summed E-state index contributed by atoms with van der Waals surface area (Å²) in [5.41, 5.74) is -0.0464. The Morgan fingerprint density at radius 1 is 1.39 bits per heavy atom. The minimum absolute atomic E-state index is 0.149. The molecule has 1 aliphatic rings. The molecule has 18 heavy (non-hydrogen) atoms. The summed E-state index contributed by atoms with van der Waals surface area (Å²) < 4.78 is 13.4. The molecule has 0 spiro atoms. The Morgan fingerprint density at radius 3 is 2.83 bits per heavy atom. The van der Waals surface area contributed by atoms with Crippen LogP contribution in [0.5, 0.6) is 0 Å². The Hall–Kier alpha value is -0.600. The standard InChI is InChI=1S/C15H20ClFO/c1-10-6-7-11(2)15(18,8-10)9-12-4-3-5-13(17)14(12)16/h3-5,10-11,18H,6-9H2,1-2H3. The fourth-order valence-electron chi connectivity index (χ4n) is 2.97. The molecule has 3 atom stereocenters. The Balaban J connectivity index is 2.23. The number of benzene rings is 1. The molecule has 1 aromatic rings. The summed E-state index contributed by atoms with van der Waals surface area (Å²) in [5.74, 6) is 0.334. The zero-order valence-corrected chi connectivity index (χ0v) is 11.7.